The smallest absolute Gasteiger partial charge is 0.324 e. The van der Waals surface area contributed by atoms with Gasteiger partial charge >= 0.3 is 6.03 Å². The third kappa shape index (κ3) is 3.84. The summed E-state index contributed by atoms with van der Waals surface area (Å²) in [5.74, 6) is -0.419. The summed E-state index contributed by atoms with van der Waals surface area (Å²) in [4.78, 5) is 36.5. The molecule has 1 aliphatic heterocycles. The minimum absolute atomic E-state index is 0.00303. The molecule has 9 nitrogen and oxygen atoms in total. The van der Waals surface area contributed by atoms with Crippen LogP contribution in [-0.4, -0.2) is 43.5 Å². The van der Waals surface area contributed by atoms with Crippen LogP contribution in [0.2, 0.25) is 0 Å². The molecule has 0 saturated carbocycles. The van der Waals surface area contributed by atoms with Gasteiger partial charge in [0.25, 0.3) is 11.6 Å². The Hall–Kier alpha value is -3.46. The molecule has 2 aromatic carbocycles. The van der Waals surface area contributed by atoms with Crippen molar-refractivity contribution in [2.45, 2.75) is 31.3 Å². The number of rotatable bonds is 6. The molecular weight excluding hydrogens is 422 g/mol. The third-order valence-corrected chi connectivity index (χ3v) is 5.84. The van der Waals surface area contributed by atoms with Gasteiger partial charge in [-0.05, 0) is 30.5 Å². The Morgan fingerprint density at radius 2 is 2.06 bits per heavy atom. The number of β-lactam (4-membered cyclic amide) rings is 1. The van der Waals surface area contributed by atoms with Crippen LogP contribution in [0.25, 0.3) is 10.9 Å². The van der Waals surface area contributed by atoms with E-state index in [-0.39, 0.29) is 5.69 Å². The van der Waals surface area contributed by atoms with Crippen molar-refractivity contribution in [2.75, 3.05) is 6.54 Å². The Labute approximate surface area is 182 Å². The van der Waals surface area contributed by atoms with Crippen molar-refractivity contribution in [3.8, 4) is 0 Å². The van der Waals surface area contributed by atoms with Crippen molar-refractivity contribution >= 4 is 40.1 Å². The monoisotopic (exact) mass is 441 g/mol. The Morgan fingerprint density at radius 3 is 2.81 bits per heavy atom. The molecule has 0 spiro atoms. The number of alkyl halides is 1. The average Bonchev–Trinajstić information content (AvgIpc) is 3.17. The van der Waals surface area contributed by atoms with Gasteiger partial charge in [0.15, 0.2) is 0 Å². The van der Waals surface area contributed by atoms with E-state index in [4.69, 9.17) is 11.6 Å². The number of hydrogen-bond donors (Lipinski definition) is 1. The SMILES string of the molecule is Cc1ccccc1C1C(Cl)C(=O)N1C(=O)NCCCn1ncc2ccc([N+](=O)[O-])cc21. The number of nitro groups is 1. The quantitative estimate of drug-likeness (QED) is 0.207. The molecule has 0 bridgehead atoms. The van der Waals surface area contributed by atoms with Crippen LogP contribution in [-0.2, 0) is 11.3 Å². The molecule has 10 heteroatoms. The second-order valence-corrected chi connectivity index (χ2v) is 7.84. The number of aromatic nitrogens is 2. The highest BCUT2D eigenvalue weighted by atomic mass is 35.5. The molecule has 3 amide bonds. The van der Waals surface area contributed by atoms with Crippen LogP contribution in [0.4, 0.5) is 10.5 Å². The van der Waals surface area contributed by atoms with Gasteiger partial charge in [0.05, 0.1) is 22.7 Å². The highest BCUT2D eigenvalue weighted by Crippen LogP contribution is 2.39. The molecule has 160 valence electrons. The predicted molar refractivity (Wildman–Crippen MR) is 115 cm³/mol. The summed E-state index contributed by atoms with van der Waals surface area (Å²) in [6, 6.07) is 11.1. The van der Waals surface area contributed by atoms with Crippen molar-refractivity contribution in [3.05, 3.63) is 69.9 Å². The minimum atomic E-state index is -0.766. The molecule has 0 radical (unpaired) electrons. The van der Waals surface area contributed by atoms with Crippen LogP contribution in [0.3, 0.4) is 0 Å². The Morgan fingerprint density at radius 1 is 1.29 bits per heavy atom. The normalized spacial score (nSPS) is 18.1. The average molecular weight is 442 g/mol. The molecule has 31 heavy (non-hydrogen) atoms. The molecule has 3 aromatic rings. The molecule has 4 rings (SSSR count). The lowest BCUT2D eigenvalue weighted by atomic mass is 9.90. The van der Waals surface area contributed by atoms with E-state index in [2.05, 4.69) is 10.4 Å². The first-order chi connectivity index (χ1) is 14.9. The number of non-ortho nitro benzene ring substituents is 1. The van der Waals surface area contributed by atoms with Crippen LogP contribution in [0.5, 0.6) is 0 Å². The van der Waals surface area contributed by atoms with E-state index in [9.17, 15) is 19.7 Å². The Balaban J connectivity index is 1.37. The predicted octanol–water partition coefficient (Wildman–Crippen LogP) is 3.54. The fraction of sp³-hybridized carbons (Fsp3) is 0.286. The van der Waals surface area contributed by atoms with Gasteiger partial charge < -0.3 is 5.32 Å². The first-order valence-corrected chi connectivity index (χ1v) is 10.2. The van der Waals surface area contributed by atoms with E-state index in [0.29, 0.717) is 25.0 Å². The highest BCUT2D eigenvalue weighted by Gasteiger charge is 2.50. The first kappa shape index (κ1) is 20.8. The largest absolute Gasteiger partial charge is 0.338 e. The fourth-order valence-corrected chi connectivity index (χ4v) is 4.11. The number of fused-ring (bicyclic) bond motifs is 1. The Bertz CT molecular complexity index is 1180. The number of amides is 3. The molecule has 1 fully saturated rings. The van der Waals surface area contributed by atoms with Crippen LogP contribution >= 0.6 is 11.6 Å². The van der Waals surface area contributed by atoms with Gasteiger partial charge in [0.1, 0.15) is 5.38 Å². The number of hydrogen-bond acceptors (Lipinski definition) is 5. The second-order valence-electron chi connectivity index (χ2n) is 7.36. The summed E-state index contributed by atoms with van der Waals surface area (Å²) >= 11 is 6.20. The van der Waals surface area contributed by atoms with Gasteiger partial charge in [-0.2, -0.15) is 5.10 Å². The number of likely N-dealkylation sites (tertiary alicyclic amines) is 1. The number of aryl methyl sites for hydroxylation is 2. The van der Waals surface area contributed by atoms with Crippen LogP contribution in [0.1, 0.15) is 23.6 Å². The number of benzene rings is 2. The van der Waals surface area contributed by atoms with E-state index >= 15 is 0 Å². The number of nitrogens with zero attached hydrogens (tertiary/aromatic N) is 4. The minimum Gasteiger partial charge on any atom is -0.338 e. The standard InChI is InChI=1S/C21H20ClN5O4/c1-13-5-2-3-6-16(13)19-18(22)20(28)26(19)21(29)23-9-4-10-25-17-11-15(27(30)31)8-7-14(17)12-24-25/h2-3,5-8,11-12,18-19H,4,9-10H2,1H3,(H,23,29). The first-order valence-electron chi connectivity index (χ1n) is 9.79. The third-order valence-electron chi connectivity index (χ3n) is 5.42. The zero-order valence-electron chi connectivity index (χ0n) is 16.7. The maximum Gasteiger partial charge on any atom is 0.324 e. The summed E-state index contributed by atoms with van der Waals surface area (Å²) in [6.45, 7) is 2.68. The molecule has 1 saturated heterocycles. The van der Waals surface area contributed by atoms with E-state index in [0.717, 1.165) is 21.4 Å². The van der Waals surface area contributed by atoms with Crippen molar-refractivity contribution in [2.24, 2.45) is 0 Å². The number of halogens is 1. The number of nitro benzene ring substituents is 1. The van der Waals surface area contributed by atoms with Gasteiger partial charge in [-0.25, -0.2) is 4.79 Å². The van der Waals surface area contributed by atoms with E-state index in [1.165, 1.54) is 12.1 Å². The van der Waals surface area contributed by atoms with Gasteiger partial charge in [0.2, 0.25) is 0 Å². The van der Waals surface area contributed by atoms with Crippen LogP contribution in [0.15, 0.2) is 48.7 Å². The summed E-state index contributed by atoms with van der Waals surface area (Å²) < 4.78 is 1.66. The van der Waals surface area contributed by atoms with Crippen LogP contribution < -0.4 is 5.32 Å². The number of nitrogens with one attached hydrogen (secondary N) is 1. The second kappa shape index (κ2) is 8.35. The van der Waals surface area contributed by atoms with Crippen LogP contribution in [0, 0.1) is 17.0 Å². The van der Waals surface area contributed by atoms with Crippen molar-refractivity contribution in [3.63, 3.8) is 0 Å². The number of carbonyl (C=O) groups excluding carboxylic acids is 2. The molecule has 2 atom stereocenters. The van der Waals surface area contributed by atoms with E-state index in [1.54, 1.807) is 16.9 Å². The number of imide groups is 1. The molecule has 1 aliphatic rings. The van der Waals surface area contributed by atoms with E-state index < -0.39 is 28.3 Å². The number of urea groups is 1. The van der Waals surface area contributed by atoms with Crippen molar-refractivity contribution in [1.29, 1.82) is 0 Å². The van der Waals surface area contributed by atoms with Gasteiger partial charge in [-0.15, -0.1) is 11.6 Å². The van der Waals surface area contributed by atoms with Crippen molar-refractivity contribution < 1.29 is 14.5 Å². The topological polar surface area (TPSA) is 110 Å². The molecule has 2 unspecified atom stereocenters. The Kier molecular flexibility index (Phi) is 5.60. The molecule has 2 heterocycles. The molecule has 0 aliphatic carbocycles. The lowest BCUT2D eigenvalue weighted by Gasteiger charge is -2.43. The highest BCUT2D eigenvalue weighted by molar-refractivity contribution is 6.35. The fourth-order valence-electron chi connectivity index (χ4n) is 3.76. The summed E-state index contributed by atoms with van der Waals surface area (Å²) in [5.41, 5.74) is 2.46. The molecule has 1 N–H and O–H groups in total. The zero-order chi connectivity index (χ0) is 22.1. The summed E-state index contributed by atoms with van der Waals surface area (Å²) in [6.07, 6.45) is 2.18. The lowest BCUT2D eigenvalue weighted by Crippen LogP contribution is -2.61. The molecule has 1 aromatic heterocycles. The van der Waals surface area contributed by atoms with Gasteiger partial charge in [0, 0.05) is 30.6 Å². The summed E-state index contributed by atoms with van der Waals surface area (Å²) in [5, 5.41) is 18.0. The van der Waals surface area contributed by atoms with Gasteiger partial charge in [-0.1, -0.05) is 24.3 Å². The number of carbonyl (C=O) groups is 2. The van der Waals surface area contributed by atoms with Gasteiger partial charge in [-0.3, -0.25) is 24.5 Å². The zero-order valence-corrected chi connectivity index (χ0v) is 17.5. The maximum absolute atomic E-state index is 12.6. The summed E-state index contributed by atoms with van der Waals surface area (Å²) in [7, 11) is 0. The molecular formula is C21H20ClN5O4. The lowest BCUT2D eigenvalue weighted by molar-refractivity contribution is -0.384. The maximum atomic E-state index is 12.6. The van der Waals surface area contributed by atoms with E-state index in [1.807, 2.05) is 31.2 Å². The van der Waals surface area contributed by atoms with Crippen molar-refractivity contribution in [1.82, 2.24) is 20.0 Å².